The maximum absolute atomic E-state index is 5.97. The Morgan fingerprint density at radius 1 is 1.40 bits per heavy atom. The molecule has 3 aromatic rings. The van der Waals surface area contributed by atoms with Gasteiger partial charge in [-0.1, -0.05) is 0 Å². The van der Waals surface area contributed by atoms with Crippen molar-refractivity contribution in [1.82, 2.24) is 19.7 Å². The molecule has 3 heterocycles. The number of hydrogen-bond donors (Lipinski definition) is 1. The van der Waals surface area contributed by atoms with Crippen molar-refractivity contribution in [1.29, 1.82) is 0 Å². The molecule has 0 bridgehead atoms. The van der Waals surface area contributed by atoms with Crippen LogP contribution in [0.25, 0.3) is 5.69 Å². The van der Waals surface area contributed by atoms with Crippen molar-refractivity contribution in [3.63, 3.8) is 0 Å². The lowest BCUT2D eigenvalue weighted by atomic mass is 10.1. The second kappa shape index (κ2) is 6.43. The molecule has 0 radical (unpaired) electrons. The van der Waals surface area contributed by atoms with Gasteiger partial charge < -0.3 is 14.8 Å². The molecule has 1 aliphatic heterocycles. The number of nitrogens with one attached hydrogen (secondary N) is 1. The molecule has 1 aromatic carbocycles. The molecule has 0 fully saturated rings. The quantitative estimate of drug-likeness (QED) is 0.771. The molecular weight excluding hydrogens is 318 g/mol. The molecule has 1 unspecified atom stereocenters. The summed E-state index contributed by atoms with van der Waals surface area (Å²) < 4.78 is 13.3. The minimum Gasteiger partial charge on any atom is -0.497 e. The summed E-state index contributed by atoms with van der Waals surface area (Å²) in [6.07, 6.45) is 6.24. The zero-order chi connectivity index (χ0) is 17.2. The largest absolute Gasteiger partial charge is 0.497 e. The molecule has 0 aliphatic carbocycles. The molecule has 2 aromatic heterocycles. The predicted molar refractivity (Wildman–Crippen MR) is 93.3 cm³/mol. The second-order valence-electron chi connectivity index (χ2n) is 6.00. The molecule has 0 spiro atoms. The van der Waals surface area contributed by atoms with Gasteiger partial charge in [-0.05, 0) is 31.2 Å². The van der Waals surface area contributed by atoms with Crippen molar-refractivity contribution in [2.75, 3.05) is 12.4 Å². The first-order valence-electron chi connectivity index (χ1n) is 8.15. The third kappa shape index (κ3) is 3.00. The van der Waals surface area contributed by atoms with Gasteiger partial charge in [-0.2, -0.15) is 0 Å². The van der Waals surface area contributed by atoms with E-state index in [4.69, 9.17) is 9.47 Å². The van der Waals surface area contributed by atoms with E-state index in [1.165, 1.54) is 5.56 Å². The number of ether oxygens (including phenoxy) is 2. The fourth-order valence-electron chi connectivity index (χ4n) is 3.04. The van der Waals surface area contributed by atoms with Crippen LogP contribution < -0.4 is 14.8 Å². The number of rotatable bonds is 5. The molecule has 4 rings (SSSR count). The van der Waals surface area contributed by atoms with Crippen molar-refractivity contribution in [3.05, 3.63) is 54.1 Å². The summed E-state index contributed by atoms with van der Waals surface area (Å²) in [6, 6.07) is 7.87. The minimum absolute atomic E-state index is 0.180. The van der Waals surface area contributed by atoms with Gasteiger partial charge in [0.2, 0.25) is 5.95 Å². The third-order valence-corrected chi connectivity index (χ3v) is 4.19. The van der Waals surface area contributed by atoms with Crippen molar-refractivity contribution >= 4 is 5.95 Å². The highest BCUT2D eigenvalue weighted by Gasteiger charge is 2.23. The van der Waals surface area contributed by atoms with Crippen LogP contribution in [0.5, 0.6) is 11.5 Å². The number of anilines is 1. The number of benzene rings is 1. The monoisotopic (exact) mass is 337 g/mol. The van der Waals surface area contributed by atoms with E-state index in [0.29, 0.717) is 12.5 Å². The fourth-order valence-corrected chi connectivity index (χ4v) is 3.04. The Balaban J connectivity index is 1.59. The molecule has 128 valence electrons. The lowest BCUT2D eigenvalue weighted by Gasteiger charge is -2.13. The van der Waals surface area contributed by atoms with Crippen LogP contribution in [0.15, 0.2) is 43.0 Å². The number of methoxy groups -OCH3 is 1. The standard InChI is InChI=1S/C18H19N5O2/c1-12-6-13-7-16(24-2)8-14(17(13)25-12)9-20-18-22-21-11-23(18)15-4-3-5-19-10-15/h3-5,7-8,10-12H,6,9H2,1-2H3,(H,20,22). The van der Waals surface area contributed by atoms with E-state index in [0.717, 1.165) is 29.2 Å². The number of hydrogen-bond acceptors (Lipinski definition) is 6. The van der Waals surface area contributed by atoms with Crippen molar-refractivity contribution in [2.45, 2.75) is 26.0 Å². The Hall–Kier alpha value is -3.09. The topological polar surface area (TPSA) is 74.1 Å². The average molecular weight is 337 g/mol. The van der Waals surface area contributed by atoms with Crippen LogP contribution in [-0.4, -0.2) is 33.0 Å². The van der Waals surface area contributed by atoms with Gasteiger partial charge in [-0.25, -0.2) is 0 Å². The van der Waals surface area contributed by atoms with Crippen molar-refractivity contribution in [2.24, 2.45) is 0 Å². The van der Waals surface area contributed by atoms with Gasteiger partial charge in [0, 0.05) is 30.3 Å². The average Bonchev–Trinajstić information content (AvgIpc) is 3.25. The van der Waals surface area contributed by atoms with Gasteiger partial charge in [-0.3, -0.25) is 9.55 Å². The third-order valence-electron chi connectivity index (χ3n) is 4.19. The zero-order valence-electron chi connectivity index (χ0n) is 14.1. The highest BCUT2D eigenvalue weighted by atomic mass is 16.5. The van der Waals surface area contributed by atoms with Gasteiger partial charge in [0.05, 0.1) is 19.0 Å². The van der Waals surface area contributed by atoms with Gasteiger partial charge in [0.1, 0.15) is 23.9 Å². The maximum atomic E-state index is 5.97. The summed E-state index contributed by atoms with van der Waals surface area (Å²) >= 11 is 0. The van der Waals surface area contributed by atoms with Crippen LogP contribution >= 0.6 is 0 Å². The summed E-state index contributed by atoms with van der Waals surface area (Å²) in [5, 5.41) is 11.5. The first-order valence-corrected chi connectivity index (χ1v) is 8.15. The van der Waals surface area contributed by atoms with Crippen LogP contribution in [0.3, 0.4) is 0 Å². The number of aromatic nitrogens is 4. The SMILES string of the molecule is COc1cc(CNc2nncn2-c2cccnc2)c2c(c1)CC(C)O2. The van der Waals surface area contributed by atoms with Gasteiger partial charge in [-0.15, -0.1) is 10.2 Å². The molecule has 25 heavy (non-hydrogen) atoms. The van der Waals surface area contributed by atoms with E-state index in [2.05, 4.69) is 27.4 Å². The van der Waals surface area contributed by atoms with Gasteiger partial charge in [0.15, 0.2) is 0 Å². The fraction of sp³-hybridized carbons (Fsp3) is 0.278. The normalized spacial score (nSPS) is 15.5. The Kier molecular flexibility index (Phi) is 3.97. The lowest BCUT2D eigenvalue weighted by molar-refractivity contribution is 0.252. The van der Waals surface area contributed by atoms with Crippen LogP contribution in [0.2, 0.25) is 0 Å². The molecule has 0 saturated carbocycles. The molecule has 1 N–H and O–H groups in total. The van der Waals surface area contributed by atoms with E-state index in [-0.39, 0.29) is 6.10 Å². The number of nitrogens with zero attached hydrogens (tertiary/aromatic N) is 4. The van der Waals surface area contributed by atoms with Crippen molar-refractivity contribution in [3.8, 4) is 17.2 Å². The predicted octanol–water partition coefficient (Wildman–Crippen LogP) is 2.61. The smallest absolute Gasteiger partial charge is 0.229 e. The van der Waals surface area contributed by atoms with Crippen molar-refractivity contribution < 1.29 is 9.47 Å². The Morgan fingerprint density at radius 2 is 2.32 bits per heavy atom. The molecule has 0 amide bonds. The number of pyridine rings is 1. The second-order valence-corrected chi connectivity index (χ2v) is 6.00. The molecule has 7 heteroatoms. The zero-order valence-corrected chi connectivity index (χ0v) is 14.1. The maximum Gasteiger partial charge on any atom is 0.229 e. The molecule has 7 nitrogen and oxygen atoms in total. The van der Waals surface area contributed by atoms with E-state index in [1.807, 2.05) is 28.8 Å². The van der Waals surface area contributed by atoms with E-state index in [9.17, 15) is 0 Å². The van der Waals surface area contributed by atoms with E-state index < -0.39 is 0 Å². The molecular formula is C18H19N5O2. The van der Waals surface area contributed by atoms with Crippen LogP contribution in [-0.2, 0) is 13.0 Å². The summed E-state index contributed by atoms with van der Waals surface area (Å²) in [5.41, 5.74) is 3.12. The minimum atomic E-state index is 0.180. The summed E-state index contributed by atoms with van der Waals surface area (Å²) in [6.45, 7) is 2.63. The summed E-state index contributed by atoms with van der Waals surface area (Å²) in [4.78, 5) is 4.14. The first-order chi connectivity index (χ1) is 12.2. The van der Waals surface area contributed by atoms with Gasteiger partial charge >= 0.3 is 0 Å². The highest BCUT2D eigenvalue weighted by Crippen LogP contribution is 2.36. The molecule has 1 atom stereocenters. The molecule has 0 saturated heterocycles. The van der Waals surface area contributed by atoms with E-state index in [1.54, 1.807) is 25.8 Å². The summed E-state index contributed by atoms with van der Waals surface area (Å²) in [5.74, 6) is 2.42. The first kappa shape index (κ1) is 15.4. The highest BCUT2D eigenvalue weighted by molar-refractivity contribution is 5.51. The van der Waals surface area contributed by atoms with E-state index >= 15 is 0 Å². The Labute approximate surface area is 145 Å². The Morgan fingerprint density at radius 3 is 3.12 bits per heavy atom. The van der Waals surface area contributed by atoms with Crippen LogP contribution in [0, 0.1) is 0 Å². The van der Waals surface area contributed by atoms with Gasteiger partial charge in [0.25, 0.3) is 0 Å². The lowest BCUT2D eigenvalue weighted by Crippen LogP contribution is -2.09. The van der Waals surface area contributed by atoms with Crippen LogP contribution in [0.4, 0.5) is 5.95 Å². The van der Waals surface area contributed by atoms with Crippen LogP contribution in [0.1, 0.15) is 18.1 Å². The summed E-state index contributed by atoms with van der Waals surface area (Å²) in [7, 11) is 1.68. The number of fused-ring (bicyclic) bond motifs is 1. The Bertz CT molecular complexity index is 878. The molecule has 1 aliphatic rings.